The van der Waals surface area contributed by atoms with Crippen molar-refractivity contribution in [1.29, 1.82) is 0 Å². The summed E-state index contributed by atoms with van der Waals surface area (Å²) in [6.07, 6.45) is 6.14. The summed E-state index contributed by atoms with van der Waals surface area (Å²) in [4.78, 5) is 20.5. The van der Waals surface area contributed by atoms with E-state index in [9.17, 15) is 0 Å². The Labute approximate surface area is 228 Å². The first kappa shape index (κ1) is 25.2. The molecular formula is C29H35N7OS. The summed E-state index contributed by atoms with van der Waals surface area (Å²) >= 11 is 1.68. The molecule has 8 nitrogen and oxygen atoms in total. The lowest BCUT2D eigenvalue weighted by atomic mass is 10.0. The highest BCUT2D eigenvalue weighted by molar-refractivity contribution is 7.99. The van der Waals surface area contributed by atoms with Crippen molar-refractivity contribution in [1.82, 2.24) is 24.4 Å². The van der Waals surface area contributed by atoms with E-state index in [0.717, 1.165) is 66.0 Å². The van der Waals surface area contributed by atoms with Gasteiger partial charge in [-0.3, -0.25) is 4.57 Å². The Balaban J connectivity index is 1.23. The van der Waals surface area contributed by atoms with Crippen LogP contribution in [0.1, 0.15) is 31.7 Å². The predicted molar refractivity (Wildman–Crippen MR) is 154 cm³/mol. The molecular weight excluding hydrogens is 494 g/mol. The largest absolute Gasteiger partial charge is 0.381 e. The molecule has 2 aliphatic rings. The third-order valence-corrected chi connectivity index (χ3v) is 8.57. The van der Waals surface area contributed by atoms with Gasteiger partial charge in [0.1, 0.15) is 5.52 Å². The van der Waals surface area contributed by atoms with Crippen LogP contribution >= 0.6 is 11.8 Å². The van der Waals surface area contributed by atoms with E-state index in [1.165, 1.54) is 18.5 Å². The maximum Gasteiger partial charge on any atom is 0.229 e. The minimum Gasteiger partial charge on any atom is -0.381 e. The first-order valence-corrected chi connectivity index (χ1v) is 14.3. The fraction of sp³-hybridized carbons (Fsp3) is 0.414. The van der Waals surface area contributed by atoms with Crippen molar-refractivity contribution in [2.24, 2.45) is 0 Å². The summed E-state index contributed by atoms with van der Waals surface area (Å²) in [6.45, 7) is 3.70. The van der Waals surface area contributed by atoms with Gasteiger partial charge in [-0.15, -0.1) is 0 Å². The first-order chi connectivity index (χ1) is 18.6. The number of nitrogens with one attached hydrogen (secondary N) is 1. The molecule has 0 radical (unpaired) electrons. The average molecular weight is 530 g/mol. The van der Waals surface area contributed by atoms with Crippen molar-refractivity contribution in [2.75, 3.05) is 50.6 Å². The van der Waals surface area contributed by atoms with E-state index in [0.29, 0.717) is 18.0 Å². The van der Waals surface area contributed by atoms with Crippen LogP contribution in [0.15, 0.2) is 70.8 Å². The van der Waals surface area contributed by atoms with Crippen LogP contribution in [0.3, 0.4) is 0 Å². The Morgan fingerprint density at radius 2 is 1.66 bits per heavy atom. The Morgan fingerprint density at radius 1 is 0.921 bits per heavy atom. The number of benzene rings is 2. The molecule has 38 heavy (non-hydrogen) atoms. The van der Waals surface area contributed by atoms with Crippen LogP contribution in [-0.2, 0) is 4.74 Å². The van der Waals surface area contributed by atoms with Crippen LogP contribution in [-0.4, -0.2) is 70.9 Å². The SMILES string of the molecule is CN(C)C1CCN(c2ccc(Nc3ncc4nc(Sc5ccccc5)n(C5CCOCC5)c4n3)cc2)CC1. The fourth-order valence-corrected chi connectivity index (χ4v) is 6.38. The molecule has 0 amide bonds. The van der Waals surface area contributed by atoms with Crippen LogP contribution in [0, 0.1) is 0 Å². The monoisotopic (exact) mass is 529 g/mol. The smallest absolute Gasteiger partial charge is 0.229 e. The van der Waals surface area contributed by atoms with E-state index in [1.54, 1.807) is 11.8 Å². The van der Waals surface area contributed by atoms with Gasteiger partial charge >= 0.3 is 0 Å². The zero-order valence-corrected chi connectivity index (χ0v) is 22.9. The van der Waals surface area contributed by atoms with Gasteiger partial charge in [0.15, 0.2) is 10.8 Å². The van der Waals surface area contributed by atoms with Crippen molar-refractivity contribution < 1.29 is 4.74 Å². The molecule has 0 atom stereocenters. The molecule has 9 heteroatoms. The Hall–Kier alpha value is -3.14. The molecule has 2 fully saturated rings. The molecule has 0 spiro atoms. The number of fused-ring (bicyclic) bond motifs is 1. The summed E-state index contributed by atoms with van der Waals surface area (Å²) in [6, 6.07) is 20.0. The lowest BCUT2D eigenvalue weighted by Gasteiger charge is -2.36. The molecule has 0 saturated carbocycles. The van der Waals surface area contributed by atoms with E-state index >= 15 is 0 Å². The van der Waals surface area contributed by atoms with Gasteiger partial charge in [-0.25, -0.2) is 9.97 Å². The lowest BCUT2D eigenvalue weighted by molar-refractivity contribution is 0.0683. The number of rotatable bonds is 7. The predicted octanol–water partition coefficient (Wildman–Crippen LogP) is 5.60. The van der Waals surface area contributed by atoms with Gasteiger partial charge in [0.25, 0.3) is 0 Å². The van der Waals surface area contributed by atoms with Gasteiger partial charge in [-0.2, -0.15) is 4.98 Å². The quantitative estimate of drug-likeness (QED) is 0.332. The highest BCUT2D eigenvalue weighted by Gasteiger charge is 2.24. The molecule has 2 aromatic carbocycles. The third-order valence-electron chi connectivity index (χ3n) is 7.59. The van der Waals surface area contributed by atoms with Gasteiger partial charge in [0, 0.05) is 54.7 Å². The van der Waals surface area contributed by atoms with Gasteiger partial charge in [0.2, 0.25) is 5.95 Å². The van der Waals surface area contributed by atoms with Crippen LogP contribution in [0.2, 0.25) is 0 Å². The first-order valence-electron chi connectivity index (χ1n) is 13.5. The van der Waals surface area contributed by atoms with E-state index < -0.39 is 0 Å². The molecule has 2 saturated heterocycles. The Morgan fingerprint density at radius 3 is 2.37 bits per heavy atom. The summed E-state index contributed by atoms with van der Waals surface area (Å²) in [5.74, 6) is 0.585. The van der Waals surface area contributed by atoms with Crippen LogP contribution < -0.4 is 10.2 Å². The molecule has 6 rings (SSSR count). The Bertz CT molecular complexity index is 1340. The van der Waals surface area contributed by atoms with Crippen LogP contribution in [0.4, 0.5) is 17.3 Å². The molecule has 2 aromatic heterocycles. The zero-order valence-electron chi connectivity index (χ0n) is 22.1. The van der Waals surface area contributed by atoms with Crippen molar-refractivity contribution in [3.8, 4) is 0 Å². The molecule has 0 unspecified atom stereocenters. The van der Waals surface area contributed by atoms with Gasteiger partial charge in [-0.1, -0.05) is 30.0 Å². The van der Waals surface area contributed by atoms with E-state index in [1.807, 2.05) is 12.3 Å². The molecule has 4 aromatic rings. The number of ether oxygens (including phenoxy) is 1. The topological polar surface area (TPSA) is 71.3 Å². The second kappa shape index (κ2) is 11.3. The number of imidazole rings is 1. The molecule has 4 heterocycles. The highest BCUT2D eigenvalue weighted by Crippen LogP contribution is 2.35. The van der Waals surface area contributed by atoms with Gasteiger partial charge in [0.05, 0.1) is 6.20 Å². The molecule has 0 bridgehead atoms. The summed E-state index contributed by atoms with van der Waals surface area (Å²) in [7, 11) is 4.36. The van der Waals surface area contributed by atoms with E-state index in [-0.39, 0.29) is 0 Å². The molecule has 2 aliphatic heterocycles. The maximum absolute atomic E-state index is 5.65. The molecule has 198 valence electrons. The zero-order chi connectivity index (χ0) is 25.9. The standard InChI is InChI=1S/C29H35N7OS/c1-34(2)22-12-16-35(17-13-22)23-10-8-21(9-11-23)31-28-30-20-26-27(33-28)36(24-14-18-37-19-15-24)29(32-26)38-25-6-4-3-5-7-25/h3-11,20,22,24H,12-19H2,1-2H3,(H,30,31,33). The minimum absolute atomic E-state index is 0.304. The summed E-state index contributed by atoms with van der Waals surface area (Å²) in [5.41, 5.74) is 3.93. The van der Waals surface area contributed by atoms with Crippen molar-refractivity contribution in [3.63, 3.8) is 0 Å². The number of nitrogens with zero attached hydrogens (tertiary/aromatic N) is 6. The Kier molecular flexibility index (Phi) is 7.49. The fourth-order valence-electron chi connectivity index (χ4n) is 5.39. The maximum atomic E-state index is 5.65. The van der Waals surface area contributed by atoms with E-state index in [2.05, 4.69) is 87.3 Å². The van der Waals surface area contributed by atoms with E-state index in [4.69, 9.17) is 14.7 Å². The molecule has 0 aliphatic carbocycles. The van der Waals surface area contributed by atoms with Gasteiger partial charge < -0.3 is 19.9 Å². The number of hydrogen-bond acceptors (Lipinski definition) is 8. The highest BCUT2D eigenvalue weighted by atomic mass is 32.2. The van der Waals surface area contributed by atoms with Crippen LogP contribution in [0.25, 0.3) is 11.2 Å². The number of piperidine rings is 1. The van der Waals surface area contributed by atoms with Crippen LogP contribution in [0.5, 0.6) is 0 Å². The van der Waals surface area contributed by atoms with Crippen molar-refractivity contribution in [3.05, 3.63) is 60.8 Å². The number of aromatic nitrogens is 4. The minimum atomic E-state index is 0.304. The summed E-state index contributed by atoms with van der Waals surface area (Å²) in [5, 5.41) is 4.37. The second-order valence-electron chi connectivity index (χ2n) is 10.3. The van der Waals surface area contributed by atoms with Crippen molar-refractivity contribution >= 4 is 40.2 Å². The average Bonchev–Trinajstić information content (AvgIpc) is 3.31. The summed E-state index contributed by atoms with van der Waals surface area (Å²) < 4.78 is 7.94. The lowest BCUT2D eigenvalue weighted by Crippen LogP contribution is -2.41. The third kappa shape index (κ3) is 5.50. The second-order valence-corrected chi connectivity index (χ2v) is 11.3. The normalized spacial score (nSPS) is 17.4. The number of anilines is 3. The van der Waals surface area contributed by atoms with Gasteiger partial charge in [-0.05, 0) is 76.2 Å². The molecule has 1 N–H and O–H groups in total. The van der Waals surface area contributed by atoms with Crippen molar-refractivity contribution in [2.45, 2.75) is 47.8 Å². The number of hydrogen-bond donors (Lipinski definition) is 1.